The van der Waals surface area contributed by atoms with Crippen LogP contribution in [-0.2, 0) is 19.1 Å². The fourth-order valence-electron chi connectivity index (χ4n) is 4.09. The Bertz CT molecular complexity index is 1190. The molecule has 2 unspecified atom stereocenters. The highest BCUT2D eigenvalue weighted by Gasteiger charge is 2.43. The molecular formula is C25H38O5. The second-order valence-corrected chi connectivity index (χ2v) is 8.24. The van der Waals surface area contributed by atoms with Gasteiger partial charge in [0.2, 0.25) is 0 Å². The van der Waals surface area contributed by atoms with Gasteiger partial charge in [-0.2, -0.15) is 0 Å². The Balaban J connectivity index is 2.23. The van der Waals surface area contributed by atoms with Crippen molar-refractivity contribution in [3.05, 3.63) is 23.7 Å². The lowest BCUT2D eigenvalue weighted by molar-refractivity contribution is -0.166. The normalized spacial score (nSPS) is 51.3. The molecule has 1 saturated heterocycles. The molecular weight excluding hydrogens is 380 g/mol. The van der Waals surface area contributed by atoms with Gasteiger partial charge in [0.25, 0.3) is 0 Å². The standard InChI is InChI=1S/C25H38O5/c1-6-25(4,5)24(28)30-21-12-15(2)11-17-8-7-16(3)20(23(17)21)10-9-19-13-18(26)14-22(27)29-19/h7-8,11,15-16,18-21,23,26H,6,9-10,12-14H2,1-5H3/t15-,16-,18+,19?,20-,21?,23-/m0/s1/i4D3,5D3,7D,8D,11D,12D2,15D,16D. The van der Waals surface area contributed by atoms with Gasteiger partial charge in [-0.3, -0.25) is 9.59 Å². The number of ether oxygens (including phenoxy) is 2. The summed E-state index contributed by atoms with van der Waals surface area (Å²) in [5, 5.41) is 10.0. The molecule has 1 fully saturated rings. The largest absolute Gasteiger partial charge is 0.462 e. The molecule has 7 atom stereocenters. The molecule has 0 bridgehead atoms. The first-order valence-electron chi connectivity index (χ1n) is 16.8. The van der Waals surface area contributed by atoms with Crippen LogP contribution in [0.15, 0.2) is 23.7 Å². The SMILES string of the molecule is [2H]C1=C([2H])[C@]([2H])(C)[C@H](CCC2C[C@@H](O)CC(=O)O2)[C@@H]2C1=C([2H])[C@]([2H])(C)C([2H])([2H])C2OC(=O)C(CC)(C([2H])([2H])[2H])C([2H])([2H])[2H]. The first-order chi connectivity index (χ1) is 19.3. The highest BCUT2D eigenvalue weighted by Crippen LogP contribution is 2.45. The second kappa shape index (κ2) is 9.25. The van der Waals surface area contributed by atoms with Crippen LogP contribution in [0.1, 0.15) is 90.8 Å². The van der Waals surface area contributed by atoms with Gasteiger partial charge in [-0.05, 0) is 62.6 Å². The molecule has 0 aromatic heterocycles. The van der Waals surface area contributed by atoms with Crippen LogP contribution < -0.4 is 0 Å². The van der Waals surface area contributed by atoms with E-state index in [0.717, 1.165) is 6.92 Å². The van der Waals surface area contributed by atoms with Crippen molar-refractivity contribution in [1.82, 2.24) is 0 Å². The van der Waals surface area contributed by atoms with Crippen molar-refractivity contribution >= 4 is 11.9 Å². The van der Waals surface area contributed by atoms with Gasteiger partial charge in [-0.15, -0.1) is 0 Å². The zero-order chi connectivity index (χ0) is 33.3. The Hall–Kier alpha value is -1.62. The lowest BCUT2D eigenvalue weighted by Gasteiger charge is -2.44. The Morgan fingerprint density at radius 2 is 2.23 bits per heavy atom. The molecule has 1 heterocycles. The van der Waals surface area contributed by atoms with Crippen LogP contribution in [0.3, 0.4) is 0 Å². The zero-order valence-corrected chi connectivity index (χ0v) is 17.5. The van der Waals surface area contributed by atoms with E-state index in [2.05, 4.69) is 0 Å². The molecule has 1 N–H and O–H groups in total. The Morgan fingerprint density at radius 1 is 1.47 bits per heavy atom. The number of esters is 2. The van der Waals surface area contributed by atoms with Gasteiger partial charge in [-0.25, -0.2) is 0 Å². The molecule has 5 nitrogen and oxygen atoms in total. The van der Waals surface area contributed by atoms with Gasteiger partial charge in [0.1, 0.15) is 12.2 Å². The Kier molecular flexibility index (Phi) is 3.49. The highest BCUT2D eigenvalue weighted by molar-refractivity contribution is 5.76. The molecule has 1 aliphatic heterocycles. The van der Waals surface area contributed by atoms with Crippen LogP contribution in [0.5, 0.6) is 0 Å². The summed E-state index contributed by atoms with van der Waals surface area (Å²) in [7, 11) is 0. The predicted octanol–water partition coefficient (Wildman–Crippen LogP) is 4.59. The average Bonchev–Trinajstić information content (AvgIpc) is 2.82. The van der Waals surface area contributed by atoms with Gasteiger partial charge >= 0.3 is 11.9 Å². The summed E-state index contributed by atoms with van der Waals surface area (Å²) >= 11 is 0. The number of carbonyl (C=O) groups excluding carboxylic acids is 2. The lowest BCUT2D eigenvalue weighted by atomic mass is 9.65. The number of hydrogen-bond donors (Lipinski definition) is 1. The van der Waals surface area contributed by atoms with Crippen molar-refractivity contribution in [2.24, 2.45) is 29.0 Å². The molecule has 0 aromatic rings. The number of aliphatic hydroxyl groups excluding tert-OH is 1. The topological polar surface area (TPSA) is 72.8 Å². The molecule has 168 valence electrons. The van der Waals surface area contributed by atoms with Crippen molar-refractivity contribution in [3.63, 3.8) is 0 Å². The number of rotatable bonds is 6. The minimum atomic E-state index is -3.43. The van der Waals surface area contributed by atoms with Crippen molar-refractivity contribution in [2.45, 2.75) is 91.3 Å². The van der Waals surface area contributed by atoms with E-state index in [1.165, 1.54) is 13.8 Å². The quantitative estimate of drug-likeness (QED) is 0.623. The smallest absolute Gasteiger partial charge is 0.311 e. The number of cyclic esters (lactones) is 1. The third kappa shape index (κ3) is 5.16. The first-order valence-corrected chi connectivity index (χ1v) is 10.3. The van der Waals surface area contributed by atoms with Crippen LogP contribution >= 0.6 is 0 Å². The molecule has 30 heavy (non-hydrogen) atoms. The molecule has 0 saturated carbocycles. The van der Waals surface area contributed by atoms with E-state index in [1.807, 2.05) is 0 Å². The number of allylic oxidation sites excluding steroid dienone is 3. The van der Waals surface area contributed by atoms with E-state index in [9.17, 15) is 14.7 Å². The third-order valence-corrected chi connectivity index (χ3v) is 5.87. The van der Waals surface area contributed by atoms with E-state index in [0.29, 0.717) is 0 Å². The van der Waals surface area contributed by atoms with E-state index in [-0.39, 0.29) is 31.3 Å². The fourth-order valence-corrected chi connectivity index (χ4v) is 4.09. The zero-order valence-electron chi connectivity index (χ0n) is 30.5. The van der Waals surface area contributed by atoms with E-state index >= 15 is 0 Å². The summed E-state index contributed by atoms with van der Waals surface area (Å²) in [4.78, 5) is 25.7. The summed E-state index contributed by atoms with van der Waals surface area (Å²) in [5.74, 6) is -9.64. The minimum absolute atomic E-state index is 0.00487. The molecule has 5 heteroatoms. The summed E-state index contributed by atoms with van der Waals surface area (Å²) in [6.45, 7) is -3.40. The molecule has 0 spiro atoms. The van der Waals surface area contributed by atoms with Gasteiger partial charge < -0.3 is 14.6 Å². The van der Waals surface area contributed by atoms with Gasteiger partial charge in [0.05, 0.1) is 22.1 Å². The number of carbonyl (C=O) groups is 2. The van der Waals surface area contributed by atoms with Crippen LogP contribution in [-0.4, -0.2) is 35.4 Å². The summed E-state index contributed by atoms with van der Waals surface area (Å²) in [5.41, 5.74) is -3.42. The first kappa shape index (κ1) is 11.3. The van der Waals surface area contributed by atoms with Crippen LogP contribution in [0.4, 0.5) is 0 Å². The Morgan fingerprint density at radius 3 is 2.90 bits per heavy atom. The Labute approximate surface area is 199 Å². The van der Waals surface area contributed by atoms with Crippen molar-refractivity contribution in [3.8, 4) is 0 Å². The number of aliphatic hydroxyl groups is 1. The fraction of sp³-hybridized carbons (Fsp3) is 0.760. The number of fused-ring (bicyclic) bond motifs is 1. The summed E-state index contributed by atoms with van der Waals surface area (Å²) < 4.78 is 120. The van der Waals surface area contributed by atoms with Gasteiger partial charge in [0.15, 0.2) is 0 Å². The van der Waals surface area contributed by atoms with E-state index < -0.39 is 104 Å². The summed E-state index contributed by atoms with van der Waals surface area (Å²) in [6.07, 6.45) is -7.87. The number of hydrogen-bond acceptors (Lipinski definition) is 5. The van der Waals surface area contributed by atoms with Crippen LogP contribution in [0.2, 0.25) is 0 Å². The van der Waals surface area contributed by atoms with Crippen molar-refractivity contribution < 1.29 is 42.0 Å². The highest BCUT2D eigenvalue weighted by atomic mass is 16.6. The minimum Gasteiger partial charge on any atom is -0.462 e. The molecule has 2 aliphatic carbocycles. The third-order valence-electron chi connectivity index (χ3n) is 5.87. The van der Waals surface area contributed by atoms with Crippen molar-refractivity contribution in [1.29, 1.82) is 0 Å². The van der Waals surface area contributed by atoms with Crippen molar-refractivity contribution in [2.75, 3.05) is 0 Å². The maximum absolute atomic E-state index is 13.7. The maximum Gasteiger partial charge on any atom is 0.311 e. The van der Waals surface area contributed by atoms with E-state index in [1.54, 1.807) is 0 Å². The molecule has 3 aliphatic rings. The lowest BCUT2D eigenvalue weighted by Crippen LogP contribution is -2.43. The molecule has 0 amide bonds. The second-order valence-electron chi connectivity index (χ2n) is 8.24. The van der Waals surface area contributed by atoms with Gasteiger partial charge in [0, 0.05) is 26.0 Å². The van der Waals surface area contributed by atoms with E-state index in [4.69, 9.17) is 27.3 Å². The predicted molar refractivity (Wildman–Crippen MR) is 115 cm³/mol. The molecule has 0 aromatic carbocycles. The molecule has 0 radical (unpaired) electrons. The monoisotopic (exact) mass is 431 g/mol. The molecule has 3 rings (SSSR count). The summed E-state index contributed by atoms with van der Waals surface area (Å²) in [6, 6.07) is -1.89. The maximum atomic E-state index is 13.7. The van der Waals surface area contributed by atoms with Crippen LogP contribution in [0.25, 0.3) is 0 Å². The average molecular weight is 432 g/mol. The van der Waals surface area contributed by atoms with Crippen LogP contribution in [0, 0.1) is 29.0 Å². The van der Waals surface area contributed by atoms with Gasteiger partial charge in [-0.1, -0.05) is 38.9 Å².